The highest BCUT2D eigenvalue weighted by molar-refractivity contribution is 7.26. The molecule has 2 heteroatoms. The lowest BCUT2D eigenvalue weighted by molar-refractivity contribution is 1.30. The Kier molecular flexibility index (Phi) is 7.77. The van der Waals surface area contributed by atoms with Crippen LogP contribution in [0.2, 0.25) is 0 Å². The summed E-state index contributed by atoms with van der Waals surface area (Å²) in [4.78, 5) is 2.47. The molecular weight excluding hydrogens is 623 g/mol. The molecule has 0 amide bonds. The molecule has 0 N–H and O–H groups in total. The summed E-state index contributed by atoms with van der Waals surface area (Å²) in [5, 5.41) is 2.56. The Morgan fingerprint density at radius 3 is 1.44 bits per heavy atom. The largest absolute Gasteiger partial charge is 0.308 e. The molecule has 0 saturated carbocycles. The predicted molar refractivity (Wildman–Crippen MR) is 216 cm³/mol. The molecule has 0 unspecified atom stereocenters. The minimum Gasteiger partial charge on any atom is -0.308 e. The Hall–Kier alpha value is -6.22. The number of rotatable bonds is 7. The molecule has 50 heavy (non-hydrogen) atoms. The fraction of sp³-hybridized carbons (Fsp3) is 0. The SMILES string of the molecule is c1ccc(-c2ccc(-c3cc(N(c4ccc(-c5ccccc5)cc4)c4ccccc4-c4ccccc4)c4sc5ccccc5c4c3)cc2)cc1. The second-order valence-corrected chi connectivity index (χ2v) is 13.6. The van der Waals surface area contributed by atoms with Gasteiger partial charge in [-0.25, -0.2) is 0 Å². The Morgan fingerprint density at radius 2 is 0.800 bits per heavy atom. The Labute approximate surface area is 297 Å². The van der Waals surface area contributed by atoms with Crippen molar-refractivity contribution in [3.63, 3.8) is 0 Å². The van der Waals surface area contributed by atoms with Gasteiger partial charge in [-0.15, -0.1) is 11.3 Å². The molecule has 0 aliphatic rings. The van der Waals surface area contributed by atoms with Gasteiger partial charge in [-0.1, -0.05) is 164 Å². The van der Waals surface area contributed by atoms with Crippen LogP contribution in [-0.2, 0) is 0 Å². The van der Waals surface area contributed by atoms with Gasteiger partial charge in [0.1, 0.15) is 0 Å². The molecule has 1 aromatic heterocycles. The van der Waals surface area contributed by atoms with E-state index >= 15 is 0 Å². The van der Waals surface area contributed by atoms with Crippen LogP contribution in [0.4, 0.5) is 17.1 Å². The third-order valence-corrected chi connectivity index (χ3v) is 10.7. The molecule has 0 atom stereocenters. The summed E-state index contributed by atoms with van der Waals surface area (Å²) in [6.07, 6.45) is 0. The maximum Gasteiger partial charge on any atom is 0.0646 e. The quantitative estimate of drug-likeness (QED) is 0.165. The third kappa shape index (κ3) is 5.56. The van der Waals surface area contributed by atoms with Crippen LogP contribution in [0.1, 0.15) is 0 Å². The van der Waals surface area contributed by atoms with E-state index in [1.54, 1.807) is 0 Å². The van der Waals surface area contributed by atoms with E-state index in [-0.39, 0.29) is 0 Å². The summed E-state index contributed by atoms with van der Waals surface area (Å²) < 4.78 is 2.56. The zero-order valence-electron chi connectivity index (χ0n) is 27.4. The zero-order chi connectivity index (χ0) is 33.3. The van der Waals surface area contributed by atoms with Crippen molar-refractivity contribution in [1.82, 2.24) is 0 Å². The van der Waals surface area contributed by atoms with Crippen molar-refractivity contribution in [2.24, 2.45) is 0 Å². The van der Waals surface area contributed by atoms with Crippen molar-refractivity contribution in [1.29, 1.82) is 0 Å². The molecule has 1 nitrogen and oxygen atoms in total. The zero-order valence-corrected chi connectivity index (χ0v) is 28.2. The number of hydrogen-bond acceptors (Lipinski definition) is 2. The fourth-order valence-electron chi connectivity index (χ4n) is 7.00. The van der Waals surface area contributed by atoms with E-state index in [1.807, 2.05) is 11.3 Å². The van der Waals surface area contributed by atoms with Crippen LogP contribution in [0.15, 0.2) is 200 Å². The van der Waals surface area contributed by atoms with E-state index < -0.39 is 0 Å². The normalized spacial score (nSPS) is 11.2. The summed E-state index contributed by atoms with van der Waals surface area (Å²) in [7, 11) is 0. The lowest BCUT2D eigenvalue weighted by Gasteiger charge is -2.29. The molecule has 0 fully saturated rings. The van der Waals surface area contributed by atoms with Crippen molar-refractivity contribution in [2.45, 2.75) is 0 Å². The maximum absolute atomic E-state index is 2.47. The van der Waals surface area contributed by atoms with Crippen molar-refractivity contribution < 1.29 is 0 Å². The van der Waals surface area contributed by atoms with Gasteiger partial charge in [-0.05, 0) is 75.3 Å². The van der Waals surface area contributed by atoms with Gasteiger partial charge in [0.15, 0.2) is 0 Å². The number of nitrogens with zero attached hydrogens (tertiary/aromatic N) is 1. The van der Waals surface area contributed by atoms with Gasteiger partial charge in [0, 0.05) is 26.7 Å². The van der Waals surface area contributed by atoms with E-state index in [1.165, 1.54) is 70.4 Å². The molecule has 236 valence electrons. The van der Waals surface area contributed by atoms with E-state index in [0.29, 0.717) is 0 Å². The number of anilines is 3. The Bertz CT molecular complexity index is 2550. The Balaban J connectivity index is 1.29. The van der Waals surface area contributed by atoms with Gasteiger partial charge in [0.05, 0.1) is 16.1 Å². The molecule has 9 rings (SSSR count). The molecule has 0 spiro atoms. The van der Waals surface area contributed by atoms with Crippen LogP contribution >= 0.6 is 11.3 Å². The first-order valence-corrected chi connectivity index (χ1v) is 17.8. The summed E-state index contributed by atoms with van der Waals surface area (Å²) >= 11 is 1.87. The third-order valence-electron chi connectivity index (χ3n) is 9.49. The predicted octanol–water partition coefficient (Wildman–Crippen LogP) is 14.2. The van der Waals surface area contributed by atoms with Crippen molar-refractivity contribution >= 4 is 48.6 Å². The van der Waals surface area contributed by atoms with Crippen LogP contribution in [0.25, 0.3) is 64.7 Å². The van der Waals surface area contributed by atoms with Gasteiger partial charge >= 0.3 is 0 Å². The van der Waals surface area contributed by atoms with Gasteiger partial charge in [-0.3, -0.25) is 0 Å². The van der Waals surface area contributed by atoms with Crippen LogP contribution in [0, 0.1) is 0 Å². The van der Waals surface area contributed by atoms with E-state index in [9.17, 15) is 0 Å². The van der Waals surface area contributed by atoms with Crippen molar-refractivity contribution in [3.05, 3.63) is 200 Å². The first kappa shape index (κ1) is 29.9. The Morgan fingerprint density at radius 1 is 0.320 bits per heavy atom. The van der Waals surface area contributed by atoms with Crippen LogP contribution < -0.4 is 4.90 Å². The number of para-hydroxylation sites is 1. The second kappa shape index (κ2) is 13.0. The maximum atomic E-state index is 2.47. The van der Waals surface area contributed by atoms with Crippen LogP contribution in [-0.4, -0.2) is 0 Å². The summed E-state index contributed by atoms with van der Waals surface area (Å²) in [5.41, 5.74) is 13.0. The molecule has 0 saturated heterocycles. The lowest BCUT2D eigenvalue weighted by Crippen LogP contribution is -2.11. The molecule has 8 aromatic carbocycles. The van der Waals surface area contributed by atoms with E-state index in [4.69, 9.17) is 0 Å². The van der Waals surface area contributed by atoms with Crippen LogP contribution in [0.3, 0.4) is 0 Å². The average molecular weight is 656 g/mol. The van der Waals surface area contributed by atoms with Gasteiger partial charge in [0.2, 0.25) is 0 Å². The summed E-state index contributed by atoms with van der Waals surface area (Å²) in [5.74, 6) is 0. The average Bonchev–Trinajstić information content (AvgIpc) is 3.58. The monoisotopic (exact) mass is 655 g/mol. The molecule has 0 bridgehead atoms. The molecule has 9 aromatic rings. The lowest BCUT2D eigenvalue weighted by atomic mass is 9.97. The number of hydrogen-bond donors (Lipinski definition) is 0. The first-order valence-electron chi connectivity index (χ1n) is 17.0. The highest BCUT2D eigenvalue weighted by Crippen LogP contribution is 2.49. The highest BCUT2D eigenvalue weighted by Gasteiger charge is 2.22. The standard InChI is InChI=1S/C48H33NS/c1-4-14-34(15-5-1)36-24-26-38(27-25-36)40-32-44-43-21-11-13-23-47(43)50-48(44)46(33-40)49(41-30-28-37(29-31-41)35-16-6-2-7-17-35)45-22-12-10-20-42(45)39-18-8-3-9-19-39/h1-33H. The van der Waals surface area contributed by atoms with Gasteiger partial charge in [0.25, 0.3) is 0 Å². The molecular formula is C48H33NS. The van der Waals surface area contributed by atoms with E-state index in [2.05, 4.69) is 205 Å². The number of fused-ring (bicyclic) bond motifs is 3. The molecule has 0 radical (unpaired) electrons. The highest BCUT2D eigenvalue weighted by atomic mass is 32.1. The summed E-state index contributed by atoms with van der Waals surface area (Å²) in [6.45, 7) is 0. The summed E-state index contributed by atoms with van der Waals surface area (Å²) in [6, 6.07) is 72.3. The first-order chi connectivity index (χ1) is 24.8. The smallest absolute Gasteiger partial charge is 0.0646 e. The molecule has 0 aliphatic heterocycles. The molecule has 1 heterocycles. The number of thiophene rings is 1. The fourth-order valence-corrected chi connectivity index (χ4v) is 8.19. The minimum atomic E-state index is 1.11. The minimum absolute atomic E-state index is 1.11. The van der Waals surface area contributed by atoms with E-state index in [0.717, 1.165) is 11.4 Å². The van der Waals surface area contributed by atoms with Gasteiger partial charge < -0.3 is 4.90 Å². The number of benzene rings is 8. The van der Waals surface area contributed by atoms with Crippen LogP contribution in [0.5, 0.6) is 0 Å². The van der Waals surface area contributed by atoms with Gasteiger partial charge in [-0.2, -0.15) is 0 Å². The van der Waals surface area contributed by atoms with Crippen molar-refractivity contribution in [3.8, 4) is 44.5 Å². The topological polar surface area (TPSA) is 3.24 Å². The molecule has 0 aliphatic carbocycles. The van der Waals surface area contributed by atoms with Crippen molar-refractivity contribution in [2.75, 3.05) is 4.90 Å². The second-order valence-electron chi connectivity index (χ2n) is 12.5.